The van der Waals surface area contributed by atoms with Crippen LogP contribution < -0.4 is 10.6 Å². The van der Waals surface area contributed by atoms with Crippen LogP contribution in [-0.4, -0.2) is 48.7 Å². The van der Waals surface area contributed by atoms with E-state index in [0.717, 1.165) is 6.20 Å². The van der Waals surface area contributed by atoms with Crippen molar-refractivity contribution >= 4 is 11.9 Å². The lowest BCUT2D eigenvalue weighted by molar-refractivity contribution is -0.141. The van der Waals surface area contributed by atoms with E-state index >= 15 is 0 Å². The summed E-state index contributed by atoms with van der Waals surface area (Å²) in [5, 5.41) is 3.32. The van der Waals surface area contributed by atoms with Crippen molar-refractivity contribution in [3.8, 4) is 5.95 Å². The number of halogens is 7. The lowest BCUT2D eigenvalue weighted by Crippen LogP contribution is -2.60. The second-order valence-electron chi connectivity index (χ2n) is 7.18. The summed E-state index contributed by atoms with van der Waals surface area (Å²) in [6.45, 7) is 0. The molecule has 0 atom stereocenters. The molecular weight excluding hydrogens is 411 g/mol. The first-order valence-electron chi connectivity index (χ1n) is 8.52. The van der Waals surface area contributed by atoms with Crippen LogP contribution in [0.5, 0.6) is 0 Å². The van der Waals surface area contributed by atoms with Gasteiger partial charge in [0.05, 0.1) is 0 Å². The first-order valence-corrected chi connectivity index (χ1v) is 8.52. The number of anilines is 2. The summed E-state index contributed by atoms with van der Waals surface area (Å²) in [6.07, 6.45) is -6.05. The van der Waals surface area contributed by atoms with Gasteiger partial charge in [0.25, 0.3) is 17.8 Å². The maximum atomic E-state index is 13.4. The minimum Gasteiger partial charge on any atom is -0.368 e. The third-order valence-corrected chi connectivity index (χ3v) is 4.87. The summed E-state index contributed by atoms with van der Waals surface area (Å²) in [4.78, 5) is 12.8. The highest BCUT2D eigenvalue weighted by Crippen LogP contribution is 2.48. The van der Waals surface area contributed by atoms with Gasteiger partial charge in [0.1, 0.15) is 0 Å². The second kappa shape index (κ2) is 6.16. The van der Waals surface area contributed by atoms with Crippen LogP contribution in [0.3, 0.4) is 0 Å². The van der Waals surface area contributed by atoms with E-state index in [4.69, 9.17) is 5.73 Å². The molecule has 0 spiro atoms. The monoisotopic (exact) mass is 425 g/mol. The fourth-order valence-electron chi connectivity index (χ4n) is 3.45. The molecule has 0 aliphatic heterocycles. The molecule has 4 rings (SSSR count). The molecule has 2 aliphatic carbocycles. The predicted molar refractivity (Wildman–Crippen MR) is 84.8 cm³/mol. The Bertz CT molecular complexity index is 886. The lowest BCUT2D eigenvalue weighted by atomic mass is 9.80. The highest BCUT2D eigenvalue weighted by atomic mass is 19.4. The number of nitrogen functional groups attached to an aromatic ring is 1. The lowest BCUT2D eigenvalue weighted by Gasteiger charge is -2.50. The maximum Gasteiger partial charge on any atom is 0.435 e. The van der Waals surface area contributed by atoms with Crippen molar-refractivity contribution in [3.63, 3.8) is 0 Å². The first-order chi connectivity index (χ1) is 13.3. The Labute approximate surface area is 158 Å². The van der Waals surface area contributed by atoms with Crippen molar-refractivity contribution < 1.29 is 30.7 Å². The Hall–Kier alpha value is -2.67. The molecule has 2 N–H and O–H groups in total. The quantitative estimate of drug-likeness (QED) is 0.758. The fourth-order valence-corrected chi connectivity index (χ4v) is 3.45. The van der Waals surface area contributed by atoms with E-state index in [-0.39, 0.29) is 11.9 Å². The van der Waals surface area contributed by atoms with Crippen LogP contribution in [0.4, 0.5) is 42.6 Å². The van der Waals surface area contributed by atoms with Gasteiger partial charge in [0.2, 0.25) is 11.9 Å². The number of rotatable bonds is 4. The van der Waals surface area contributed by atoms with E-state index in [1.54, 1.807) is 0 Å². The predicted octanol–water partition coefficient (Wildman–Crippen LogP) is 3.06. The summed E-state index contributed by atoms with van der Waals surface area (Å²) in [7, 11) is 0. The van der Waals surface area contributed by atoms with Crippen LogP contribution >= 0.6 is 0 Å². The third-order valence-electron chi connectivity index (χ3n) is 4.87. The molecule has 2 saturated carbocycles. The van der Waals surface area contributed by atoms with Crippen LogP contribution in [0.25, 0.3) is 5.95 Å². The van der Waals surface area contributed by atoms with Gasteiger partial charge in [-0.1, -0.05) is 0 Å². The number of hydrogen-bond acceptors (Lipinski definition) is 6. The molecule has 0 bridgehead atoms. The molecule has 2 heterocycles. The molecule has 158 valence electrons. The fraction of sp³-hybridized carbons (Fsp3) is 0.600. The van der Waals surface area contributed by atoms with Crippen molar-refractivity contribution in [2.75, 3.05) is 10.6 Å². The molecule has 2 aliphatic rings. The SMILES string of the molecule is Nc1nc(N(C2CC(F)(F)C2)C2CC(F)(F)C2)nc(-n2ccc(C(F)(F)F)n2)n1. The molecule has 0 aromatic carbocycles. The number of nitrogens with two attached hydrogens (primary N) is 1. The molecule has 2 fully saturated rings. The molecule has 2 aromatic heterocycles. The molecule has 2 aromatic rings. The van der Waals surface area contributed by atoms with Crippen molar-refractivity contribution in [1.29, 1.82) is 0 Å². The number of alkyl halides is 7. The van der Waals surface area contributed by atoms with E-state index in [1.165, 1.54) is 4.90 Å². The normalized spacial score (nSPS) is 21.5. The van der Waals surface area contributed by atoms with Crippen LogP contribution in [0, 0.1) is 0 Å². The van der Waals surface area contributed by atoms with Gasteiger partial charge in [0, 0.05) is 44.0 Å². The zero-order valence-corrected chi connectivity index (χ0v) is 14.5. The van der Waals surface area contributed by atoms with E-state index < -0.39 is 67.4 Å². The Morgan fingerprint density at radius 3 is 1.97 bits per heavy atom. The van der Waals surface area contributed by atoms with Gasteiger partial charge in [-0.05, 0) is 6.07 Å². The van der Waals surface area contributed by atoms with E-state index in [2.05, 4.69) is 20.1 Å². The minimum absolute atomic E-state index is 0.252. The smallest absolute Gasteiger partial charge is 0.368 e. The highest BCUT2D eigenvalue weighted by Gasteiger charge is 2.55. The van der Waals surface area contributed by atoms with Gasteiger partial charge in [-0.2, -0.15) is 33.2 Å². The average Bonchev–Trinajstić information content (AvgIpc) is 3.01. The van der Waals surface area contributed by atoms with Crippen molar-refractivity contribution in [2.45, 2.75) is 55.8 Å². The third kappa shape index (κ3) is 3.79. The molecular formula is C15H14F7N7. The average molecular weight is 425 g/mol. The standard InChI is InChI=1S/C15H14F7N7/c16-13(17)3-7(4-13)29(8-5-14(18,19)6-8)12-25-10(23)24-11(26-12)28-2-1-9(27-28)15(20,21)22/h1-2,7-8H,3-6H2,(H2,23,24,25,26). The largest absolute Gasteiger partial charge is 0.435 e. The van der Waals surface area contributed by atoms with E-state index in [9.17, 15) is 30.7 Å². The number of hydrogen-bond donors (Lipinski definition) is 1. The summed E-state index contributed by atoms with van der Waals surface area (Å²) in [5.74, 6) is -6.90. The maximum absolute atomic E-state index is 13.4. The molecule has 14 heteroatoms. The van der Waals surface area contributed by atoms with Crippen LogP contribution in [0.2, 0.25) is 0 Å². The van der Waals surface area contributed by atoms with Gasteiger partial charge >= 0.3 is 6.18 Å². The summed E-state index contributed by atoms with van der Waals surface area (Å²) >= 11 is 0. The van der Waals surface area contributed by atoms with Gasteiger partial charge in [-0.3, -0.25) is 0 Å². The minimum atomic E-state index is -4.70. The summed E-state index contributed by atoms with van der Waals surface area (Å²) in [6, 6.07) is -0.913. The first kappa shape index (κ1) is 19.6. The van der Waals surface area contributed by atoms with Crippen LogP contribution in [0.1, 0.15) is 31.4 Å². The number of aromatic nitrogens is 5. The van der Waals surface area contributed by atoms with Crippen LogP contribution in [0.15, 0.2) is 12.3 Å². The Kier molecular flexibility index (Phi) is 4.17. The Balaban J connectivity index is 1.67. The summed E-state index contributed by atoms with van der Waals surface area (Å²) < 4.78 is 92.5. The van der Waals surface area contributed by atoms with Gasteiger partial charge in [-0.15, -0.1) is 0 Å². The second-order valence-corrected chi connectivity index (χ2v) is 7.18. The topological polar surface area (TPSA) is 85.8 Å². The highest BCUT2D eigenvalue weighted by molar-refractivity contribution is 5.42. The van der Waals surface area contributed by atoms with Crippen molar-refractivity contribution in [3.05, 3.63) is 18.0 Å². The zero-order chi connectivity index (χ0) is 21.2. The van der Waals surface area contributed by atoms with Gasteiger partial charge < -0.3 is 10.6 Å². The molecule has 0 saturated heterocycles. The van der Waals surface area contributed by atoms with E-state index in [0.29, 0.717) is 10.7 Å². The Morgan fingerprint density at radius 2 is 1.52 bits per heavy atom. The van der Waals surface area contributed by atoms with Crippen LogP contribution in [-0.2, 0) is 6.18 Å². The zero-order valence-electron chi connectivity index (χ0n) is 14.5. The molecule has 29 heavy (non-hydrogen) atoms. The van der Waals surface area contributed by atoms with Crippen molar-refractivity contribution in [1.82, 2.24) is 24.7 Å². The summed E-state index contributed by atoms with van der Waals surface area (Å²) in [5.41, 5.74) is 4.40. The number of nitrogens with zero attached hydrogens (tertiary/aromatic N) is 6. The van der Waals surface area contributed by atoms with E-state index in [1.807, 2.05) is 0 Å². The van der Waals surface area contributed by atoms with Gasteiger partial charge in [-0.25, -0.2) is 22.2 Å². The molecule has 0 amide bonds. The Morgan fingerprint density at radius 1 is 0.966 bits per heavy atom. The molecule has 0 radical (unpaired) electrons. The van der Waals surface area contributed by atoms with Crippen molar-refractivity contribution in [2.24, 2.45) is 0 Å². The molecule has 7 nitrogen and oxygen atoms in total. The van der Waals surface area contributed by atoms with Gasteiger partial charge in [0.15, 0.2) is 5.69 Å². The molecule has 0 unspecified atom stereocenters.